The van der Waals surface area contributed by atoms with Crippen molar-refractivity contribution in [2.24, 2.45) is 0 Å². The second-order valence-corrected chi connectivity index (χ2v) is 6.52. The van der Waals surface area contributed by atoms with E-state index in [0.717, 1.165) is 18.7 Å². The maximum Gasteiger partial charge on any atom is 0.127 e. The lowest BCUT2D eigenvalue weighted by molar-refractivity contribution is 0.386. The Morgan fingerprint density at radius 3 is 2.53 bits per heavy atom. The third kappa shape index (κ3) is 2.94. The first-order chi connectivity index (χ1) is 8.97. The van der Waals surface area contributed by atoms with Crippen LogP contribution in [0, 0.1) is 0 Å². The number of methoxy groups -OCH3 is 1. The van der Waals surface area contributed by atoms with E-state index in [4.69, 9.17) is 4.74 Å². The zero-order valence-corrected chi connectivity index (χ0v) is 13.0. The molecule has 2 nitrogen and oxygen atoms in total. The summed E-state index contributed by atoms with van der Waals surface area (Å²) in [5.41, 5.74) is 4.21. The second kappa shape index (κ2) is 5.54. The standard InChI is InChI=1S/C17H27NO/c1-6-12-10-13(15-8-7-9-18-15)16(19-5)14(11-12)17(2,3)4/h10-11,15,18H,6-9H2,1-5H3. The van der Waals surface area contributed by atoms with Crippen LogP contribution in [0.15, 0.2) is 12.1 Å². The quantitative estimate of drug-likeness (QED) is 0.888. The van der Waals surface area contributed by atoms with Gasteiger partial charge in [-0.1, -0.05) is 39.8 Å². The maximum atomic E-state index is 5.77. The maximum absolute atomic E-state index is 5.77. The number of aryl methyl sites for hydroxylation is 1. The van der Waals surface area contributed by atoms with Gasteiger partial charge in [0.2, 0.25) is 0 Å². The van der Waals surface area contributed by atoms with E-state index in [1.165, 1.54) is 29.5 Å². The van der Waals surface area contributed by atoms with Crippen molar-refractivity contribution < 1.29 is 4.74 Å². The highest BCUT2D eigenvalue weighted by Crippen LogP contribution is 2.40. The molecular formula is C17H27NO. The van der Waals surface area contributed by atoms with Crippen LogP contribution < -0.4 is 10.1 Å². The molecule has 1 atom stereocenters. The van der Waals surface area contributed by atoms with E-state index in [-0.39, 0.29) is 5.41 Å². The normalized spacial score (nSPS) is 19.7. The molecule has 106 valence electrons. The zero-order valence-electron chi connectivity index (χ0n) is 13.0. The lowest BCUT2D eigenvalue weighted by Gasteiger charge is -2.27. The Bertz CT molecular complexity index is 439. The van der Waals surface area contributed by atoms with Crippen molar-refractivity contribution in [1.29, 1.82) is 0 Å². The number of rotatable bonds is 3. The molecular weight excluding hydrogens is 234 g/mol. The summed E-state index contributed by atoms with van der Waals surface area (Å²) in [5.74, 6) is 1.09. The Morgan fingerprint density at radius 1 is 1.32 bits per heavy atom. The third-order valence-electron chi connectivity index (χ3n) is 4.03. The first-order valence-corrected chi connectivity index (χ1v) is 7.42. The Morgan fingerprint density at radius 2 is 2.05 bits per heavy atom. The van der Waals surface area contributed by atoms with Gasteiger partial charge in [-0.15, -0.1) is 0 Å². The Hall–Kier alpha value is -1.02. The first kappa shape index (κ1) is 14.4. The summed E-state index contributed by atoms with van der Waals surface area (Å²) in [6, 6.07) is 5.11. The fourth-order valence-electron chi connectivity index (χ4n) is 2.91. The van der Waals surface area contributed by atoms with Crippen molar-refractivity contribution >= 4 is 0 Å². The molecule has 0 aromatic heterocycles. The highest BCUT2D eigenvalue weighted by atomic mass is 16.5. The van der Waals surface area contributed by atoms with Crippen molar-refractivity contribution in [3.05, 3.63) is 28.8 Å². The minimum Gasteiger partial charge on any atom is -0.496 e. The van der Waals surface area contributed by atoms with Gasteiger partial charge in [-0.3, -0.25) is 0 Å². The summed E-state index contributed by atoms with van der Waals surface area (Å²) in [7, 11) is 1.80. The van der Waals surface area contributed by atoms with Crippen LogP contribution in [0.25, 0.3) is 0 Å². The average Bonchev–Trinajstić information content (AvgIpc) is 2.89. The molecule has 0 bridgehead atoms. The Balaban J connectivity index is 2.56. The van der Waals surface area contributed by atoms with Gasteiger partial charge in [0.1, 0.15) is 5.75 Å². The van der Waals surface area contributed by atoms with Gasteiger partial charge in [0, 0.05) is 17.2 Å². The van der Waals surface area contributed by atoms with Crippen LogP contribution in [0.5, 0.6) is 5.75 Å². The van der Waals surface area contributed by atoms with E-state index < -0.39 is 0 Å². The summed E-state index contributed by atoms with van der Waals surface area (Å²) in [6.45, 7) is 10.1. The van der Waals surface area contributed by atoms with Crippen molar-refractivity contribution in [2.45, 2.75) is 58.4 Å². The molecule has 1 aliphatic rings. The number of hydrogen-bond acceptors (Lipinski definition) is 2. The molecule has 19 heavy (non-hydrogen) atoms. The summed E-state index contributed by atoms with van der Waals surface area (Å²) in [6.07, 6.45) is 3.55. The molecule has 1 fully saturated rings. The number of benzene rings is 1. The van der Waals surface area contributed by atoms with Gasteiger partial charge in [-0.2, -0.15) is 0 Å². The predicted octanol–water partition coefficient (Wildman–Crippen LogP) is 3.98. The molecule has 1 N–H and O–H groups in total. The van der Waals surface area contributed by atoms with Gasteiger partial charge >= 0.3 is 0 Å². The largest absolute Gasteiger partial charge is 0.496 e. The van der Waals surface area contributed by atoms with E-state index in [1.807, 2.05) is 0 Å². The molecule has 0 amide bonds. The van der Waals surface area contributed by atoms with Crippen LogP contribution in [0.2, 0.25) is 0 Å². The molecule has 0 aliphatic carbocycles. The van der Waals surface area contributed by atoms with Crippen molar-refractivity contribution in [1.82, 2.24) is 5.32 Å². The van der Waals surface area contributed by atoms with Gasteiger partial charge in [0.15, 0.2) is 0 Å². The van der Waals surface area contributed by atoms with Gasteiger partial charge in [-0.05, 0) is 36.8 Å². The summed E-state index contributed by atoms with van der Waals surface area (Å²) in [5, 5.41) is 3.60. The fourth-order valence-corrected chi connectivity index (χ4v) is 2.91. The number of nitrogens with one attached hydrogen (secondary N) is 1. The van der Waals surface area contributed by atoms with Gasteiger partial charge in [0.25, 0.3) is 0 Å². The third-order valence-corrected chi connectivity index (χ3v) is 4.03. The fraction of sp³-hybridized carbons (Fsp3) is 0.647. The van der Waals surface area contributed by atoms with Crippen molar-refractivity contribution in [3.63, 3.8) is 0 Å². The molecule has 2 rings (SSSR count). The monoisotopic (exact) mass is 261 g/mol. The topological polar surface area (TPSA) is 21.3 Å². The summed E-state index contributed by atoms with van der Waals surface area (Å²) in [4.78, 5) is 0. The molecule has 1 aromatic rings. The number of hydrogen-bond donors (Lipinski definition) is 1. The van der Waals surface area contributed by atoms with Crippen LogP contribution >= 0.6 is 0 Å². The van der Waals surface area contributed by atoms with Crippen LogP contribution in [-0.4, -0.2) is 13.7 Å². The second-order valence-electron chi connectivity index (χ2n) is 6.52. The van der Waals surface area contributed by atoms with E-state index >= 15 is 0 Å². The molecule has 2 heteroatoms. The SMILES string of the molecule is CCc1cc(C2CCCN2)c(OC)c(C(C)(C)C)c1. The van der Waals surface area contributed by atoms with E-state index in [1.54, 1.807) is 7.11 Å². The highest BCUT2D eigenvalue weighted by molar-refractivity contribution is 5.49. The van der Waals surface area contributed by atoms with Crippen molar-refractivity contribution in [3.8, 4) is 5.75 Å². The van der Waals surface area contributed by atoms with E-state index in [9.17, 15) is 0 Å². The summed E-state index contributed by atoms with van der Waals surface area (Å²) >= 11 is 0. The summed E-state index contributed by atoms with van der Waals surface area (Å²) < 4.78 is 5.77. The number of ether oxygens (including phenoxy) is 1. The average molecular weight is 261 g/mol. The van der Waals surface area contributed by atoms with Crippen LogP contribution in [0.4, 0.5) is 0 Å². The van der Waals surface area contributed by atoms with E-state index in [0.29, 0.717) is 6.04 Å². The zero-order chi connectivity index (χ0) is 14.0. The lowest BCUT2D eigenvalue weighted by atomic mass is 9.82. The molecule has 1 aliphatic heterocycles. The molecule has 1 saturated heterocycles. The lowest BCUT2D eigenvalue weighted by Crippen LogP contribution is -2.19. The van der Waals surface area contributed by atoms with Gasteiger partial charge < -0.3 is 10.1 Å². The van der Waals surface area contributed by atoms with Gasteiger partial charge in [0.05, 0.1) is 7.11 Å². The first-order valence-electron chi connectivity index (χ1n) is 7.42. The van der Waals surface area contributed by atoms with E-state index in [2.05, 4.69) is 45.1 Å². The predicted molar refractivity (Wildman–Crippen MR) is 81.0 cm³/mol. The highest BCUT2D eigenvalue weighted by Gasteiger charge is 2.26. The molecule has 0 saturated carbocycles. The molecule has 1 heterocycles. The Kier molecular flexibility index (Phi) is 4.19. The van der Waals surface area contributed by atoms with Crippen LogP contribution in [0.3, 0.4) is 0 Å². The van der Waals surface area contributed by atoms with Crippen LogP contribution in [0.1, 0.15) is 63.3 Å². The Labute approximate surface area is 117 Å². The molecule has 0 spiro atoms. The minimum atomic E-state index is 0.115. The minimum absolute atomic E-state index is 0.115. The van der Waals surface area contributed by atoms with Crippen LogP contribution in [-0.2, 0) is 11.8 Å². The molecule has 1 unspecified atom stereocenters. The molecule has 0 radical (unpaired) electrons. The van der Waals surface area contributed by atoms with Gasteiger partial charge in [-0.25, -0.2) is 0 Å². The van der Waals surface area contributed by atoms with Crippen molar-refractivity contribution in [2.75, 3.05) is 13.7 Å². The molecule has 1 aromatic carbocycles. The smallest absolute Gasteiger partial charge is 0.127 e.